The number of hydrogen-bond acceptors (Lipinski definition) is 0. The molecule has 2 aliphatic rings. The summed E-state index contributed by atoms with van der Waals surface area (Å²) in [6.07, 6.45) is 0. The van der Waals surface area contributed by atoms with Gasteiger partial charge in [0.25, 0.3) is 0 Å². The van der Waals surface area contributed by atoms with Crippen molar-refractivity contribution in [2.24, 2.45) is 0 Å². The van der Waals surface area contributed by atoms with Crippen LogP contribution in [-0.4, -0.2) is 13.4 Å². The SMILES string of the molecule is Cc1cc(C)c(B2c3ccccc3-c3cc(-c4c(C(C)C)cc(C(C)C)cc4C(C)C)c4cc5c6c(cc(-c7c(C(C)C)cc(C(C)C)cc7C(C)C)c7cc2c3c4c76)-c2ccccc2B5c2c(C)cc(C)cc2C)c(C)c1. The Morgan fingerprint density at radius 2 is 0.590 bits per heavy atom. The molecule has 10 aromatic rings. The zero-order chi connectivity index (χ0) is 55.2. The summed E-state index contributed by atoms with van der Waals surface area (Å²) in [4.78, 5) is 0. The van der Waals surface area contributed by atoms with Crippen molar-refractivity contribution in [1.82, 2.24) is 0 Å². The number of aryl methyl sites for hydroxylation is 6. The van der Waals surface area contributed by atoms with Gasteiger partial charge < -0.3 is 0 Å². The molecule has 10 aromatic carbocycles. The third kappa shape index (κ3) is 7.84. The summed E-state index contributed by atoms with van der Waals surface area (Å²) < 4.78 is 0. The second-order valence-electron chi connectivity index (χ2n) is 26.2. The molecule has 0 fully saturated rings. The van der Waals surface area contributed by atoms with Crippen molar-refractivity contribution in [3.8, 4) is 44.5 Å². The normalized spacial score (nSPS) is 13.1. The van der Waals surface area contributed by atoms with Gasteiger partial charge in [-0.05, 0) is 199 Å². The molecule has 0 spiro atoms. The Hall–Kier alpha value is -6.63. The highest BCUT2D eigenvalue weighted by atomic mass is 14.3. The molecule has 0 aromatic heterocycles. The molecule has 0 saturated carbocycles. The van der Waals surface area contributed by atoms with Crippen LogP contribution in [0.5, 0.6) is 0 Å². The molecule has 0 saturated heterocycles. The van der Waals surface area contributed by atoms with Gasteiger partial charge in [-0.15, -0.1) is 0 Å². The summed E-state index contributed by atoms with van der Waals surface area (Å²) in [6, 6.07) is 50.0. The smallest absolute Gasteiger partial charge is 0.0664 e. The van der Waals surface area contributed by atoms with Gasteiger partial charge in [-0.25, -0.2) is 0 Å². The van der Waals surface area contributed by atoms with E-state index in [-0.39, 0.29) is 13.4 Å². The van der Waals surface area contributed by atoms with Gasteiger partial charge in [0.1, 0.15) is 0 Å². The molecule has 78 heavy (non-hydrogen) atoms. The molecule has 2 heteroatoms. The molecular formula is C76H80B2. The molecule has 0 nitrogen and oxygen atoms in total. The standard InChI is InChI=1S/C76H80B2/c1-39(2)51-31-55(41(5)6)69(56(32-51)42(7)8)61-35-59-53-23-19-21-25-65(53)78(76-49(17)29-46(14)30-50(76)18)68-38-64-62(70-57(43(9)10)33-52(40(3)4)34-58(70)44(11)12)36-60-54-24-20-22-26-66(54)77(75-47(15)27-45(13)28-48(75)16)67-37-63(61)73(71(59)68)74(64)72(60)67/h19-44H,1-18H3. The lowest BCUT2D eigenvalue weighted by Crippen LogP contribution is -2.57. The van der Waals surface area contributed by atoms with Crippen LogP contribution < -0.4 is 32.8 Å². The van der Waals surface area contributed by atoms with E-state index >= 15 is 0 Å². The summed E-state index contributed by atoms with van der Waals surface area (Å²) in [5.74, 6) is 2.10. The van der Waals surface area contributed by atoms with Gasteiger partial charge in [0.05, 0.1) is 0 Å². The first-order chi connectivity index (χ1) is 37.2. The monoisotopic (exact) mass is 1010 g/mol. The molecule has 12 rings (SSSR count). The van der Waals surface area contributed by atoms with E-state index < -0.39 is 0 Å². The van der Waals surface area contributed by atoms with Crippen molar-refractivity contribution >= 4 is 78.5 Å². The van der Waals surface area contributed by atoms with Crippen LogP contribution >= 0.6 is 0 Å². The highest BCUT2D eigenvalue weighted by Crippen LogP contribution is 2.53. The molecule has 2 heterocycles. The van der Waals surface area contributed by atoms with Gasteiger partial charge in [0.15, 0.2) is 0 Å². The minimum absolute atomic E-state index is 0.0400. The molecule has 0 unspecified atom stereocenters. The largest absolute Gasteiger partial charge is 0.243 e. The van der Waals surface area contributed by atoms with E-state index in [1.807, 2.05) is 0 Å². The predicted molar refractivity (Wildman–Crippen MR) is 347 cm³/mol. The highest BCUT2D eigenvalue weighted by molar-refractivity contribution is 7.00. The third-order valence-electron chi connectivity index (χ3n) is 18.8. The minimum Gasteiger partial charge on any atom is -0.0664 e. The second-order valence-corrected chi connectivity index (χ2v) is 26.2. The third-order valence-corrected chi connectivity index (χ3v) is 18.8. The highest BCUT2D eigenvalue weighted by Gasteiger charge is 2.41. The maximum atomic E-state index is 2.75. The summed E-state index contributed by atoms with van der Waals surface area (Å²) >= 11 is 0. The molecule has 2 aliphatic heterocycles. The van der Waals surface area contributed by atoms with Gasteiger partial charge in [0.2, 0.25) is 13.4 Å². The second kappa shape index (κ2) is 19.0. The van der Waals surface area contributed by atoms with E-state index in [9.17, 15) is 0 Å². The molecule has 0 atom stereocenters. The first-order valence-electron chi connectivity index (χ1n) is 29.7. The quantitative estimate of drug-likeness (QED) is 0.0946. The van der Waals surface area contributed by atoms with Crippen LogP contribution in [0, 0.1) is 41.5 Å². The van der Waals surface area contributed by atoms with Crippen molar-refractivity contribution in [3.63, 3.8) is 0 Å². The number of rotatable bonds is 10. The topological polar surface area (TPSA) is 0 Å². The summed E-state index contributed by atoms with van der Waals surface area (Å²) in [6.45, 7) is 43.0. The zero-order valence-corrected chi connectivity index (χ0v) is 50.2. The Bertz CT molecular complexity index is 3740. The van der Waals surface area contributed by atoms with E-state index in [2.05, 4.69) is 246 Å². The first kappa shape index (κ1) is 52.1. The van der Waals surface area contributed by atoms with Crippen molar-refractivity contribution < 1.29 is 0 Å². The summed E-state index contributed by atoms with van der Waals surface area (Å²) in [5.41, 5.74) is 36.4. The Morgan fingerprint density at radius 3 is 0.885 bits per heavy atom. The average Bonchev–Trinajstić information content (AvgIpc) is 2.39. The number of fused-ring (bicyclic) bond motifs is 4. The fraction of sp³-hybridized carbons (Fsp3) is 0.316. The van der Waals surface area contributed by atoms with E-state index in [0.29, 0.717) is 35.5 Å². The Kier molecular flexibility index (Phi) is 12.7. The lowest BCUT2D eigenvalue weighted by molar-refractivity contribution is 0.807. The van der Waals surface area contributed by atoms with Crippen molar-refractivity contribution in [2.75, 3.05) is 0 Å². The van der Waals surface area contributed by atoms with Crippen LogP contribution in [0.3, 0.4) is 0 Å². The van der Waals surface area contributed by atoms with E-state index in [1.54, 1.807) is 0 Å². The van der Waals surface area contributed by atoms with Crippen LogP contribution in [0.2, 0.25) is 0 Å². The summed E-state index contributed by atoms with van der Waals surface area (Å²) in [5, 5.41) is 8.49. The molecule has 0 N–H and O–H groups in total. The molecule has 0 amide bonds. The van der Waals surface area contributed by atoms with Gasteiger partial charge in [-0.1, -0.05) is 258 Å². The maximum Gasteiger partial charge on any atom is 0.243 e. The van der Waals surface area contributed by atoms with Crippen molar-refractivity contribution in [2.45, 2.75) is 160 Å². The number of hydrogen-bond donors (Lipinski definition) is 0. The molecule has 390 valence electrons. The van der Waals surface area contributed by atoms with Crippen LogP contribution in [-0.2, 0) is 0 Å². The van der Waals surface area contributed by atoms with Gasteiger partial charge in [-0.3, -0.25) is 0 Å². The minimum atomic E-state index is 0.0400. The number of benzene rings is 10. The fourth-order valence-corrected chi connectivity index (χ4v) is 15.3. The lowest BCUT2D eigenvalue weighted by Gasteiger charge is -2.36. The van der Waals surface area contributed by atoms with Crippen molar-refractivity contribution in [3.05, 3.63) is 188 Å². The molecule has 0 radical (unpaired) electrons. The van der Waals surface area contributed by atoms with Gasteiger partial charge in [-0.2, -0.15) is 0 Å². The van der Waals surface area contributed by atoms with E-state index in [1.165, 1.54) is 176 Å². The molecule has 0 aliphatic carbocycles. The van der Waals surface area contributed by atoms with Crippen LogP contribution in [0.1, 0.15) is 185 Å². The Labute approximate surface area is 468 Å². The predicted octanol–water partition coefficient (Wildman–Crippen LogP) is 17.5. The molecular weight excluding hydrogens is 934 g/mol. The van der Waals surface area contributed by atoms with Crippen LogP contribution in [0.25, 0.3) is 76.8 Å². The summed E-state index contributed by atoms with van der Waals surface area (Å²) in [7, 11) is 0. The van der Waals surface area contributed by atoms with E-state index in [4.69, 9.17) is 0 Å². The Morgan fingerprint density at radius 1 is 0.282 bits per heavy atom. The lowest BCUT2D eigenvalue weighted by atomic mass is 9.31. The van der Waals surface area contributed by atoms with Crippen molar-refractivity contribution in [1.29, 1.82) is 0 Å². The average molecular weight is 1020 g/mol. The Balaban J connectivity index is 1.41. The maximum absolute atomic E-state index is 2.75. The van der Waals surface area contributed by atoms with Gasteiger partial charge >= 0.3 is 0 Å². The van der Waals surface area contributed by atoms with Crippen LogP contribution in [0.15, 0.2) is 121 Å². The van der Waals surface area contributed by atoms with Crippen LogP contribution in [0.4, 0.5) is 0 Å². The first-order valence-corrected chi connectivity index (χ1v) is 29.7. The fourth-order valence-electron chi connectivity index (χ4n) is 15.3. The van der Waals surface area contributed by atoms with Gasteiger partial charge in [0, 0.05) is 0 Å². The molecule has 0 bridgehead atoms. The zero-order valence-electron chi connectivity index (χ0n) is 50.2. The van der Waals surface area contributed by atoms with E-state index in [0.717, 1.165) is 0 Å².